The standard InChI is InChI=1S/C27H29N5O4/c1-17-6-10-19(11-7-17)21-14-26(32-28-15-22(30-32)20-12-8-18(2)9-13-20)23(33)31(16-27(26,35)29-21)24(34)36-25(3,4)5/h6-13,15,35H,14,16H2,1-5H3/t26-,27+/m0/s1. The number of rotatable bonds is 3. The van der Waals surface area contributed by atoms with Crippen molar-refractivity contribution in [3.8, 4) is 11.3 Å². The smallest absolute Gasteiger partial charge is 0.417 e. The third-order valence-corrected chi connectivity index (χ3v) is 6.56. The lowest BCUT2D eigenvalue weighted by Gasteiger charge is -2.29. The zero-order valence-electron chi connectivity index (χ0n) is 21.0. The van der Waals surface area contributed by atoms with Gasteiger partial charge in [0.15, 0.2) is 0 Å². The summed E-state index contributed by atoms with van der Waals surface area (Å²) in [5.41, 5.74) is 0.355. The fourth-order valence-corrected chi connectivity index (χ4v) is 4.66. The zero-order chi connectivity index (χ0) is 25.9. The van der Waals surface area contributed by atoms with Crippen molar-refractivity contribution in [3.05, 3.63) is 71.4 Å². The van der Waals surface area contributed by atoms with Crippen LogP contribution in [0.1, 0.15) is 43.9 Å². The fourth-order valence-electron chi connectivity index (χ4n) is 4.66. The van der Waals surface area contributed by atoms with Gasteiger partial charge in [-0.1, -0.05) is 59.7 Å². The number of benzene rings is 2. The monoisotopic (exact) mass is 487 g/mol. The summed E-state index contributed by atoms with van der Waals surface area (Å²) < 4.78 is 5.45. The molecule has 5 rings (SSSR count). The average Bonchev–Trinajstić information content (AvgIpc) is 3.45. The van der Waals surface area contributed by atoms with Gasteiger partial charge in [0.05, 0.1) is 12.7 Å². The van der Waals surface area contributed by atoms with Crippen LogP contribution < -0.4 is 0 Å². The lowest BCUT2D eigenvalue weighted by atomic mass is 9.87. The molecule has 0 bridgehead atoms. The summed E-state index contributed by atoms with van der Waals surface area (Å²) in [6.07, 6.45) is 0.729. The summed E-state index contributed by atoms with van der Waals surface area (Å²) in [7, 11) is 0. The van der Waals surface area contributed by atoms with E-state index in [0.717, 1.165) is 27.2 Å². The van der Waals surface area contributed by atoms with Crippen molar-refractivity contribution in [1.29, 1.82) is 0 Å². The van der Waals surface area contributed by atoms with E-state index in [1.165, 1.54) is 4.80 Å². The third-order valence-electron chi connectivity index (χ3n) is 6.56. The Kier molecular flexibility index (Phi) is 5.37. The van der Waals surface area contributed by atoms with Crippen LogP contribution in [0.15, 0.2) is 59.7 Å². The molecule has 2 aromatic carbocycles. The van der Waals surface area contributed by atoms with E-state index in [9.17, 15) is 14.7 Å². The number of imide groups is 1. The molecule has 3 aromatic rings. The Morgan fingerprint density at radius 2 is 1.58 bits per heavy atom. The molecule has 9 heteroatoms. The van der Waals surface area contributed by atoms with Crippen molar-refractivity contribution < 1.29 is 19.4 Å². The molecule has 1 aromatic heterocycles. The molecule has 1 N–H and O–H groups in total. The number of aliphatic imine (C=N–C) groups is 1. The lowest BCUT2D eigenvalue weighted by molar-refractivity contribution is -0.139. The fraction of sp³-hybridized carbons (Fsp3) is 0.370. The maximum atomic E-state index is 14.0. The van der Waals surface area contributed by atoms with Gasteiger partial charge in [0.25, 0.3) is 5.91 Å². The first-order valence-corrected chi connectivity index (χ1v) is 11.8. The number of aromatic nitrogens is 3. The Bertz CT molecular complexity index is 1370. The largest absolute Gasteiger partial charge is 0.443 e. The number of amides is 2. The Balaban J connectivity index is 1.60. The zero-order valence-corrected chi connectivity index (χ0v) is 21.0. The second-order valence-corrected chi connectivity index (χ2v) is 10.5. The highest BCUT2D eigenvalue weighted by Gasteiger charge is 2.71. The minimum Gasteiger partial charge on any atom is -0.443 e. The van der Waals surface area contributed by atoms with Gasteiger partial charge in [-0.3, -0.25) is 4.79 Å². The lowest BCUT2D eigenvalue weighted by Crippen LogP contribution is -2.54. The summed E-state index contributed by atoms with van der Waals surface area (Å²) >= 11 is 0. The van der Waals surface area contributed by atoms with Crippen LogP contribution in [0.2, 0.25) is 0 Å². The first kappa shape index (κ1) is 23.9. The average molecular weight is 488 g/mol. The minimum atomic E-state index is -1.97. The Hall–Kier alpha value is -3.85. The Labute approximate surface area is 209 Å². The number of β-amino-alcohol motifs (C(OH)–C–C–N with tert-alkyl or cyclic N) is 1. The molecule has 2 amide bonds. The van der Waals surface area contributed by atoms with Crippen LogP contribution in [0, 0.1) is 13.8 Å². The number of carbonyl (C=O) groups excluding carboxylic acids is 2. The van der Waals surface area contributed by atoms with E-state index in [2.05, 4.69) is 15.2 Å². The summed E-state index contributed by atoms with van der Waals surface area (Å²) in [5, 5.41) is 20.9. The van der Waals surface area contributed by atoms with Crippen molar-refractivity contribution in [2.24, 2.45) is 4.99 Å². The van der Waals surface area contributed by atoms with E-state index in [0.29, 0.717) is 11.4 Å². The van der Waals surface area contributed by atoms with Gasteiger partial charge in [-0.15, -0.1) is 0 Å². The summed E-state index contributed by atoms with van der Waals surface area (Å²) in [6, 6.07) is 15.4. The molecule has 2 atom stereocenters. The predicted octanol–water partition coefficient (Wildman–Crippen LogP) is 3.62. The van der Waals surface area contributed by atoms with Crippen LogP contribution in [0.4, 0.5) is 4.79 Å². The van der Waals surface area contributed by atoms with Crippen LogP contribution in [0.25, 0.3) is 11.3 Å². The molecule has 36 heavy (non-hydrogen) atoms. The predicted molar refractivity (Wildman–Crippen MR) is 133 cm³/mol. The molecule has 0 saturated carbocycles. The molecule has 2 aliphatic heterocycles. The van der Waals surface area contributed by atoms with E-state index >= 15 is 0 Å². The normalized spacial score (nSPS) is 23.6. The number of aliphatic hydroxyl groups is 1. The van der Waals surface area contributed by atoms with Gasteiger partial charge >= 0.3 is 6.09 Å². The molecule has 186 valence electrons. The molecule has 9 nitrogen and oxygen atoms in total. The topological polar surface area (TPSA) is 110 Å². The molecule has 2 aliphatic rings. The number of aryl methyl sites for hydroxylation is 2. The van der Waals surface area contributed by atoms with Crippen LogP contribution in [0.5, 0.6) is 0 Å². The molecule has 0 spiro atoms. The van der Waals surface area contributed by atoms with Crippen molar-refractivity contribution >= 4 is 17.7 Å². The van der Waals surface area contributed by atoms with Gasteiger partial charge in [0.1, 0.15) is 11.3 Å². The van der Waals surface area contributed by atoms with Crippen molar-refractivity contribution in [1.82, 2.24) is 19.9 Å². The number of carbonyl (C=O) groups is 2. The van der Waals surface area contributed by atoms with Crippen LogP contribution >= 0.6 is 0 Å². The number of hydrogen-bond acceptors (Lipinski definition) is 7. The molecule has 1 saturated heterocycles. The summed E-state index contributed by atoms with van der Waals surface area (Å²) in [5.74, 6) is -0.656. The highest BCUT2D eigenvalue weighted by Crippen LogP contribution is 2.48. The quantitative estimate of drug-likeness (QED) is 0.604. The van der Waals surface area contributed by atoms with Gasteiger partial charge in [-0.25, -0.2) is 14.7 Å². The Morgan fingerprint density at radius 3 is 2.17 bits per heavy atom. The number of hydrogen-bond donors (Lipinski definition) is 1. The molecule has 1 fully saturated rings. The first-order chi connectivity index (χ1) is 16.9. The second kappa shape index (κ2) is 8.09. The van der Waals surface area contributed by atoms with E-state index in [1.807, 2.05) is 62.4 Å². The van der Waals surface area contributed by atoms with Gasteiger partial charge < -0.3 is 9.84 Å². The van der Waals surface area contributed by atoms with Crippen molar-refractivity contribution in [2.75, 3.05) is 6.54 Å². The number of nitrogens with zero attached hydrogens (tertiary/aromatic N) is 5. The molecular formula is C27H29N5O4. The van der Waals surface area contributed by atoms with E-state index in [1.54, 1.807) is 27.0 Å². The first-order valence-electron chi connectivity index (χ1n) is 11.8. The van der Waals surface area contributed by atoms with E-state index < -0.39 is 28.9 Å². The third kappa shape index (κ3) is 3.80. The molecule has 3 heterocycles. The SMILES string of the molecule is Cc1ccc(C2=N[C@@]3(O)CN(C(=O)OC(C)(C)C)C(=O)[C@@]3(n3ncc(-c4ccc(C)cc4)n3)C2)cc1. The van der Waals surface area contributed by atoms with Crippen LogP contribution in [0.3, 0.4) is 0 Å². The maximum Gasteiger partial charge on any atom is 0.417 e. The van der Waals surface area contributed by atoms with E-state index in [4.69, 9.17) is 4.74 Å². The van der Waals surface area contributed by atoms with Crippen LogP contribution in [-0.4, -0.2) is 60.6 Å². The number of fused-ring (bicyclic) bond motifs is 1. The van der Waals surface area contributed by atoms with E-state index in [-0.39, 0.29) is 13.0 Å². The highest BCUT2D eigenvalue weighted by atomic mass is 16.6. The van der Waals surface area contributed by atoms with Gasteiger partial charge in [0.2, 0.25) is 11.3 Å². The molecule has 0 radical (unpaired) electrons. The maximum absolute atomic E-state index is 14.0. The van der Waals surface area contributed by atoms with Crippen molar-refractivity contribution in [3.63, 3.8) is 0 Å². The van der Waals surface area contributed by atoms with Gasteiger partial charge in [-0.05, 0) is 40.2 Å². The highest BCUT2D eigenvalue weighted by molar-refractivity contribution is 6.10. The molecule has 0 aliphatic carbocycles. The van der Waals surface area contributed by atoms with Crippen molar-refractivity contribution in [2.45, 2.75) is 57.9 Å². The number of likely N-dealkylation sites (tertiary alicyclic amines) is 1. The van der Waals surface area contributed by atoms with Gasteiger partial charge in [-0.2, -0.15) is 15.0 Å². The molecular weight excluding hydrogens is 458 g/mol. The number of ether oxygens (including phenoxy) is 1. The Morgan fingerprint density at radius 1 is 1.00 bits per heavy atom. The second-order valence-electron chi connectivity index (χ2n) is 10.5. The van der Waals surface area contributed by atoms with Crippen LogP contribution in [-0.2, 0) is 15.1 Å². The minimum absolute atomic E-state index is 0.0205. The van der Waals surface area contributed by atoms with Gasteiger partial charge in [0, 0.05) is 17.7 Å². The summed E-state index contributed by atoms with van der Waals surface area (Å²) in [4.78, 5) is 33.6. The summed E-state index contributed by atoms with van der Waals surface area (Å²) in [6.45, 7) is 8.75. The molecule has 0 unspecified atom stereocenters.